The van der Waals surface area contributed by atoms with Crippen molar-refractivity contribution in [3.05, 3.63) is 76.5 Å². The molecule has 26 heavy (non-hydrogen) atoms. The number of nitrogens with one attached hydrogen (secondary N) is 1. The molecule has 2 heterocycles. The van der Waals surface area contributed by atoms with Gasteiger partial charge in [0.1, 0.15) is 11.5 Å². The molecule has 3 aromatic rings. The molecule has 0 saturated carbocycles. The van der Waals surface area contributed by atoms with Crippen LogP contribution in [0.25, 0.3) is 23.0 Å². The van der Waals surface area contributed by atoms with Crippen LogP contribution in [-0.2, 0) is 4.79 Å². The summed E-state index contributed by atoms with van der Waals surface area (Å²) < 4.78 is 5.82. The summed E-state index contributed by atoms with van der Waals surface area (Å²) in [5.74, 6) is 0.375. The fourth-order valence-corrected chi connectivity index (χ4v) is 3.03. The van der Waals surface area contributed by atoms with Gasteiger partial charge in [0.05, 0.1) is 5.57 Å². The molecular formula is C20H13ClN2O3. The van der Waals surface area contributed by atoms with E-state index in [4.69, 9.17) is 21.8 Å². The van der Waals surface area contributed by atoms with E-state index < -0.39 is 5.91 Å². The number of primary amides is 1. The first-order valence-electron chi connectivity index (χ1n) is 7.84. The number of rotatable bonds is 3. The fourth-order valence-electron chi connectivity index (χ4n) is 2.86. The van der Waals surface area contributed by atoms with E-state index in [0.29, 0.717) is 33.4 Å². The Bertz CT molecular complexity index is 1080. The van der Waals surface area contributed by atoms with Crippen LogP contribution in [0.2, 0.25) is 5.02 Å². The number of anilines is 1. The van der Waals surface area contributed by atoms with Crippen molar-refractivity contribution in [2.75, 3.05) is 5.32 Å². The van der Waals surface area contributed by atoms with Crippen molar-refractivity contribution in [3.63, 3.8) is 0 Å². The number of nitrogens with two attached hydrogens (primary N) is 1. The van der Waals surface area contributed by atoms with Crippen molar-refractivity contribution in [2.24, 2.45) is 5.73 Å². The highest BCUT2D eigenvalue weighted by Crippen LogP contribution is 2.35. The topological polar surface area (TPSA) is 85.3 Å². The van der Waals surface area contributed by atoms with Gasteiger partial charge in [-0.1, -0.05) is 23.7 Å². The highest BCUT2D eigenvalue weighted by Gasteiger charge is 2.24. The minimum Gasteiger partial charge on any atom is -0.457 e. The van der Waals surface area contributed by atoms with Crippen molar-refractivity contribution < 1.29 is 14.0 Å². The van der Waals surface area contributed by atoms with Gasteiger partial charge in [-0.15, -0.1) is 0 Å². The zero-order valence-corrected chi connectivity index (χ0v) is 14.2. The van der Waals surface area contributed by atoms with Crippen molar-refractivity contribution >= 4 is 40.8 Å². The summed E-state index contributed by atoms with van der Waals surface area (Å²) in [6, 6.07) is 15.6. The van der Waals surface area contributed by atoms with Crippen LogP contribution < -0.4 is 11.1 Å². The Hall–Kier alpha value is -3.31. The van der Waals surface area contributed by atoms with Crippen LogP contribution in [0, 0.1) is 0 Å². The number of hydrogen-bond donors (Lipinski definition) is 2. The molecule has 0 atom stereocenters. The lowest BCUT2D eigenvalue weighted by molar-refractivity contribution is -0.110. The normalized spacial score (nSPS) is 14.3. The Morgan fingerprint density at radius 3 is 2.77 bits per heavy atom. The lowest BCUT2D eigenvalue weighted by atomic mass is 10.1. The average Bonchev–Trinajstić information content (AvgIpc) is 3.21. The van der Waals surface area contributed by atoms with Crippen LogP contribution in [0.4, 0.5) is 5.69 Å². The first-order chi connectivity index (χ1) is 12.5. The Kier molecular flexibility index (Phi) is 3.86. The molecule has 2 aromatic carbocycles. The zero-order chi connectivity index (χ0) is 18.3. The van der Waals surface area contributed by atoms with E-state index in [2.05, 4.69) is 5.32 Å². The highest BCUT2D eigenvalue weighted by molar-refractivity contribution is 6.36. The van der Waals surface area contributed by atoms with Gasteiger partial charge in [0, 0.05) is 27.4 Å². The summed E-state index contributed by atoms with van der Waals surface area (Å²) in [7, 11) is 0. The standard InChI is InChI=1S/C20H13ClN2O3/c21-13-4-6-17-15(9-13)16(20(25)23-17)10-14-5-7-18(26-14)11-2-1-3-12(8-11)19(22)24/h1-10H,(H2,22,24)(H,23,25)/b16-10-. The molecule has 0 saturated heterocycles. The van der Waals surface area contributed by atoms with Gasteiger partial charge in [0.2, 0.25) is 5.91 Å². The van der Waals surface area contributed by atoms with E-state index in [0.717, 1.165) is 11.1 Å². The lowest BCUT2D eigenvalue weighted by Gasteiger charge is -2.00. The maximum atomic E-state index is 12.2. The molecule has 6 heteroatoms. The summed E-state index contributed by atoms with van der Waals surface area (Å²) >= 11 is 6.04. The van der Waals surface area contributed by atoms with E-state index in [9.17, 15) is 9.59 Å². The molecule has 3 N–H and O–H groups in total. The Balaban J connectivity index is 1.71. The highest BCUT2D eigenvalue weighted by atomic mass is 35.5. The van der Waals surface area contributed by atoms with Crippen LogP contribution in [0.5, 0.6) is 0 Å². The first-order valence-corrected chi connectivity index (χ1v) is 8.22. The third kappa shape index (κ3) is 2.89. The third-order valence-corrected chi connectivity index (χ3v) is 4.34. The lowest BCUT2D eigenvalue weighted by Crippen LogP contribution is -2.10. The fraction of sp³-hybridized carbons (Fsp3) is 0. The number of carbonyl (C=O) groups is 2. The molecule has 0 unspecified atom stereocenters. The second kappa shape index (κ2) is 6.20. The van der Waals surface area contributed by atoms with Gasteiger partial charge in [-0.25, -0.2) is 0 Å². The number of carbonyl (C=O) groups excluding carboxylic acids is 2. The van der Waals surface area contributed by atoms with Gasteiger partial charge < -0.3 is 15.5 Å². The maximum Gasteiger partial charge on any atom is 0.256 e. The molecule has 5 nitrogen and oxygen atoms in total. The maximum absolute atomic E-state index is 12.2. The summed E-state index contributed by atoms with van der Waals surface area (Å²) in [6.45, 7) is 0. The number of halogens is 1. The molecule has 4 rings (SSSR count). The first kappa shape index (κ1) is 16.2. The van der Waals surface area contributed by atoms with E-state index in [1.165, 1.54) is 0 Å². The summed E-state index contributed by atoms with van der Waals surface area (Å²) in [5.41, 5.74) is 8.37. The molecule has 1 aliphatic heterocycles. The largest absolute Gasteiger partial charge is 0.457 e. The molecule has 2 amide bonds. The van der Waals surface area contributed by atoms with Gasteiger partial charge >= 0.3 is 0 Å². The average molecular weight is 365 g/mol. The molecule has 0 spiro atoms. The minimum absolute atomic E-state index is 0.212. The SMILES string of the molecule is NC(=O)c1cccc(-c2ccc(/C=C3\C(=O)Nc4ccc(Cl)cc43)o2)c1. The van der Waals surface area contributed by atoms with Gasteiger partial charge in [-0.3, -0.25) is 9.59 Å². The predicted molar refractivity (Wildman–Crippen MR) is 101 cm³/mol. The molecule has 128 valence electrons. The Morgan fingerprint density at radius 1 is 1.12 bits per heavy atom. The van der Waals surface area contributed by atoms with Gasteiger partial charge in [0.15, 0.2) is 0 Å². The smallest absolute Gasteiger partial charge is 0.256 e. The van der Waals surface area contributed by atoms with Crippen LogP contribution in [-0.4, -0.2) is 11.8 Å². The summed E-state index contributed by atoms with van der Waals surface area (Å²) in [5, 5.41) is 3.34. The van der Waals surface area contributed by atoms with Gasteiger partial charge in [-0.05, 0) is 48.5 Å². The molecule has 1 aliphatic rings. The molecule has 1 aromatic heterocycles. The zero-order valence-electron chi connectivity index (χ0n) is 13.5. The quantitative estimate of drug-likeness (QED) is 0.683. The van der Waals surface area contributed by atoms with Crippen LogP contribution in [0.3, 0.4) is 0 Å². The molecule has 0 fully saturated rings. The third-order valence-electron chi connectivity index (χ3n) is 4.11. The molecular weight excluding hydrogens is 352 g/mol. The van der Waals surface area contributed by atoms with Gasteiger partial charge in [-0.2, -0.15) is 0 Å². The van der Waals surface area contributed by atoms with Crippen molar-refractivity contribution in [3.8, 4) is 11.3 Å². The second-order valence-electron chi connectivity index (χ2n) is 5.85. The van der Waals surface area contributed by atoms with Crippen molar-refractivity contribution in [2.45, 2.75) is 0 Å². The van der Waals surface area contributed by atoms with Crippen LogP contribution in [0.1, 0.15) is 21.7 Å². The monoisotopic (exact) mass is 364 g/mol. The number of furan rings is 1. The van der Waals surface area contributed by atoms with E-state index in [1.54, 1.807) is 54.6 Å². The summed E-state index contributed by atoms with van der Waals surface area (Å²) in [4.78, 5) is 23.6. The van der Waals surface area contributed by atoms with E-state index in [1.807, 2.05) is 6.07 Å². The Labute approximate surface area is 154 Å². The number of amides is 2. The van der Waals surface area contributed by atoms with Crippen LogP contribution in [0.15, 0.2) is 59.0 Å². The Morgan fingerprint density at radius 2 is 1.96 bits per heavy atom. The summed E-state index contributed by atoms with van der Waals surface area (Å²) in [6.07, 6.45) is 1.67. The molecule has 0 bridgehead atoms. The van der Waals surface area contributed by atoms with Gasteiger partial charge in [0.25, 0.3) is 5.91 Å². The van der Waals surface area contributed by atoms with E-state index >= 15 is 0 Å². The minimum atomic E-state index is -0.503. The molecule has 0 radical (unpaired) electrons. The second-order valence-corrected chi connectivity index (χ2v) is 6.29. The molecule has 0 aliphatic carbocycles. The van der Waals surface area contributed by atoms with E-state index in [-0.39, 0.29) is 5.91 Å². The number of hydrogen-bond acceptors (Lipinski definition) is 3. The predicted octanol–water partition coefficient (Wildman–Crippen LogP) is 4.19. The number of benzene rings is 2. The van der Waals surface area contributed by atoms with Crippen LogP contribution >= 0.6 is 11.6 Å². The number of fused-ring (bicyclic) bond motifs is 1. The van der Waals surface area contributed by atoms with Crippen molar-refractivity contribution in [1.82, 2.24) is 0 Å². The van der Waals surface area contributed by atoms with Crippen molar-refractivity contribution in [1.29, 1.82) is 0 Å².